The van der Waals surface area contributed by atoms with Crippen LogP contribution in [0.2, 0.25) is 5.02 Å². The Hall–Kier alpha value is -2.98. The van der Waals surface area contributed by atoms with Crippen molar-refractivity contribution < 1.29 is 17.5 Å². The Balaban J connectivity index is 1.58. The van der Waals surface area contributed by atoms with Crippen LogP contribution in [-0.2, 0) is 10.0 Å². The molecular weight excluding hydrogens is 493 g/mol. The predicted molar refractivity (Wildman–Crippen MR) is 135 cm³/mol. The summed E-state index contributed by atoms with van der Waals surface area (Å²) in [6.45, 7) is 1.74. The number of nitrogens with one attached hydrogen (secondary N) is 2. The zero-order valence-electron chi connectivity index (χ0n) is 19.3. The summed E-state index contributed by atoms with van der Waals surface area (Å²) in [7, 11) is -3.60. The Morgan fingerprint density at radius 1 is 1.14 bits per heavy atom. The third-order valence-electron chi connectivity index (χ3n) is 5.58. The van der Waals surface area contributed by atoms with Gasteiger partial charge in [0.1, 0.15) is 0 Å². The molecule has 0 aliphatic heterocycles. The van der Waals surface area contributed by atoms with Gasteiger partial charge in [0, 0.05) is 24.5 Å². The average Bonchev–Trinajstić information content (AvgIpc) is 2.82. The SMILES string of the molecule is CCCS(=O)(=O)Nc1cc(F)c(Oc2ncccc2-c2ccnc(NC3CCCCC3)n2)c(Cl)c1. The van der Waals surface area contributed by atoms with Crippen LogP contribution in [-0.4, -0.2) is 35.2 Å². The number of sulfonamides is 1. The number of ether oxygens (including phenoxy) is 1. The van der Waals surface area contributed by atoms with Crippen LogP contribution >= 0.6 is 11.6 Å². The monoisotopic (exact) mass is 519 g/mol. The van der Waals surface area contributed by atoms with E-state index < -0.39 is 15.8 Å². The third-order valence-corrected chi connectivity index (χ3v) is 7.36. The molecular formula is C24H27ClFN5O3S. The normalized spacial score (nSPS) is 14.5. The van der Waals surface area contributed by atoms with Gasteiger partial charge in [0.05, 0.1) is 27.7 Å². The van der Waals surface area contributed by atoms with Crippen molar-refractivity contribution in [2.45, 2.75) is 51.5 Å². The number of nitrogens with zero attached hydrogens (tertiary/aromatic N) is 3. The van der Waals surface area contributed by atoms with E-state index in [1.54, 1.807) is 31.3 Å². The van der Waals surface area contributed by atoms with E-state index in [4.69, 9.17) is 16.3 Å². The zero-order chi connectivity index (χ0) is 24.8. The summed E-state index contributed by atoms with van der Waals surface area (Å²) in [5, 5.41) is 3.29. The lowest BCUT2D eigenvalue weighted by Gasteiger charge is -2.22. The van der Waals surface area contributed by atoms with Crippen molar-refractivity contribution in [3.63, 3.8) is 0 Å². The summed E-state index contributed by atoms with van der Waals surface area (Å²) in [6, 6.07) is 7.86. The molecule has 1 aromatic carbocycles. The molecule has 186 valence electrons. The Bertz CT molecular complexity index is 1260. The van der Waals surface area contributed by atoms with Gasteiger partial charge in [-0.15, -0.1) is 0 Å². The highest BCUT2D eigenvalue weighted by Gasteiger charge is 2.19. The highest BCUT2D eigenvalue weighted by atomic mass is 35.5. The van der Waals surface area contributed by atoms with E-state index in [2.05, 4.69) is 25.0 Å². The maximum Gasteiger partial charge on any atom is 0.232 e. The number of hydrogen-bond donors (Lipinski definition) is 2. The summed E-state index contributed by atoms with van der Waals surface area (Å²) in [4.78, 5) is 13.2. The van der Waals surface area contributed by atoms with Crippen molar-refractivity contribution in [2.24, 2.45) is 0 Å². The Kier molecular flexibility index (Phi) is 8.02. The summed E-state index contributed by atoms with van der Waals surface area (Å²) >= 11 is 6.26. The van der Waals surface area contributed by atoms with Crippen LogP contribution in [0.4, 0.5) is 16.0 Å². The number of aromatic nitrogens is 3. The summed E-state index contributed by atoms with van der Waals surface area (Å²) in [5.74, 6) is -0.560. The molecule has 1 fully saturated rings. The summed E-state index contributed by atoms with van der Waals surface area (Å²) in [5.41, 5.74) is 1.11. The topological polar surface area (TPSA) is 106 Å². The van der Waals surface area contributed by atoms with E-state index in [1.165, 1.54) is 31.5 Å². The first-order chi connectivity index (χ1) is 16.8. The second-order valence-corrected chi connectivity index (χ2v) is 10.6. The Morgan fingerprint density at radius 3 is 2.69 bits per heavy atom. The second-order valence-electron chi connectivity index (χ2n) is 8.39. The van der Waals surface area contributed by atoms with Gasteiger partial charge < -0.3 is 10.1 Å². The molecule has 0 atom stereocenters. The van der Waals surface area contributed by atoms with Crippen molar-refractivity contribution in [3.05, 3.63) is 53.6 Å². The molecule has 8 nitrogen and oxygen atoms in total. The van der Waals surface area contributed by atoms with E-state index in [1.807, 2.05) is 0 Å². The van der Waals surface area contributed by atoms with E-state index in [-0.39, 0.29) is 28.1 Å². The first-order valence-electron chi connectivity index (χ1n) is 11.6. The molecule has 1 aliphatic rings. The van der Waals surface area contributed by atoms with Crippen LogP contribution in [0.25, 0.3) is 11.3 Å². The van der Waals surface area contributed by atoms with Crippen molar-refractivity contribution >= 4 is 33.3 Å². The van der Waals surface area contributed by atoms with Gasteiger partial charge in [-0.2, -0.15) is 0 Å². The molecule has 0 spiro atoms. The average molecular weight is 520 g/mol. The number of pyridine rings is 1. The largest absolute Gasteiger partial charge is 0.434 e. The van der Waals surface area contributed by atoms with Gasteiger partial charge in [-0.3, -0.25) is 4.72 Å². The smallest absolute Gasteiger partial charge is 0.232 e. The molecule has 35 heavy (non-hydrogen) atoms. The molecule has 11 heteroatoms. The molecule has 2 N–H and O–H groups in total. The van der Waals surface area contributed by atoms with E-state index in [0.29, 0.717) is 29.7 Å². The fourth-order valence-corrected chi connectivity index (χ4v) is 5.35. The minimum Gasteiger partial charge on any atom is -0.434 e. The minimum atomic E-state index is -3.60. The Labute approximate surface area is 209 Å². The van der Waals surface area contributed by atoms with Crippen LogP contribution in [0.5, 0.6) is 11.6 Å². The maximum absolute atomic E-state index is 14.9. The van der Waals surface area contributed by atoms with Crippen LogP contribution in [0, 0.1) is 5.82 Å². The van der Waals surface area contributed by atoms with Gasteiger partial charge in [-0.1, -0.05) is 37.8 Å². The minimum absolute atomic E-state index is 0.0174. The fraction of sp³-hybridized carbons (Fsp3) is 0.375. The summed E-state index contributed by atoms with van der Waals surface area (Å²) < 4.78 is 47.0. The zero-order valence-corrected chi connectivity index (χ0v) is 20.9. The summed E-state index contributed by atoms with van der Waals surface area (Å²) in [6.07, 6.45) is 9.37. The predicted octanol–water partition coefficient (Wildman–Crippen LogP) is 6.02. The lowest BCUT2D eigenvalue weighted by Crippen LogP contribution is -2.23. The van der Waals surface area contributed by atoms with Crippen molar-refractivity contribution in [1.82, 2.24) is 15.0 Å². The Morgan fingerprint density at radius 2 is 1.94 bits per heavy atom. The standard InChI is InChI=1S/C24H27ClFN5O3S/c1-2-13-35(32,33)31-17-14-19(25)22(20(26)15-17)34-23-18(9-6-11-27-23)21-10-12-28-24(30-21)29-16-7-4-3-5-8-16/h6,9-12,14-16,31H,2-5,7-8,13H2,1H3,(H,28,29,30). The highest BCUT2D eigenvalue weighted by molar-refractivity contribution is 7.92. The highest BCUT2D eigenvalue weighted by Crippen LogP contribution is 2.37. The molecule has 3 aromatic rings. The lowest BCUT2D eigenvalue weighted by atomic mass is 9.96. The van der Waals surface area contributed by atoms with Crippen molar-refractivity contribution in [3.8, 4) is 22.9 Å². The first-order valence-corrected chi connectivity index (χ1v) is 13.6. The number of benzene rings is 1. The molecule has 0 saturated heterocycles. The second kappa shape index (κ2) is 11.2. The van der Waals surface area contributed by atoms with Crippen LogP contribution in [0.3, 0.4) is 0 Å². The van der Waals surface area contributed by atoms with E-state index >= 15 is 0 Å². The van der Waals surface area contributed by atoms with Crippen LogP contribution in [0.15, 0.2) is 42.7 Å². The van der Waals surface area contributed by atoms with E-state index in [9.17, 15) is 12.8 Å². The van der Waals surface area contributed by atoms with E-state index in [0.717, 1.165) is 18.9 Å². The maximum atomic E-state index is 14.9. The van der Waals surface area contributed by atoms with Crippen LogP contribution < -0.4 is 14.8 Å². The van der Waals surface area contributed by atoms with Gasteiger partial charge in [-0.05, 0) is 43.5 Å². The number of hydrogen-bond acceptors (Lipinski definition) is 7. The van der Waals surface area contributed by atoms with Crippen LogP contribution in [0.1, 0.15) is 45.4 Å². The molecule has 1 aliphatic carbocycles. The molecule has 0 radical (unpaired) electrons. The number of halogens is 2. The lowest BCUT2D eigenvalue weighted by molar-refractivity contribution is 0.429. The van der Waals surface area contributed by atoms with Gasteiger partial charge in [-0.25, -0.2) is 27.8 Å². The molecule has 0 amide bonds. The quantitative estimate of drug-likeness (QED) is 0.356. The first kappa shape index (κ1) is 25.1. The van der Waals surface area contributed by atoms with Crippen molar-refractivity contribution in [2.75, 3.05) is 15.8 Å². The van der Waals surface area contributed by atoms with Gasteiger partial charge in [0.15, 0.2) is 11.6 Å². The molecule has 1 saturated carbocycles. The van der Waals surface area contributed by atoms with Crippen molar-refractivity contribution in [1.29, 1.82) is 0 Å². The van der Waals surface area contributed by atoms with Gasteiger partial charge in [0.2, 0.25) is 21.9 Å². The molecule has 0 bridgehead atoms. The third kappa shape index (κ3) is 6.58. The molecule has 2 aromatic heterocycles. The molecule has 0 unspecified atom stereocenters. The van der Waals surface area contributed by atoms with Gasteiger partial charge in [0.25, 0.3) is 0 Å². The fourth-order valence-electron chi connectivity index (χ4n) is 3.99. The molecule has 2 heterocycles. The number of rotatable bonds is 9. The number of anilines is 2. The van der Waals surface area contributed by atoms with Gasteiger partial charge >= 0.3 is 0 Å². The molecule has 4 rings (SSSR count).